The second-order valence-electron chi connectivity index (χ2n) is 4.70. The molecule has 3 nitrogen and oxygen atoms in total. The Bertz CT molecular complexity index is 783. The quantitative estimate of drug-likeness (QED) is 0.795. The van der Waals surface area contributed by atoms with Crippen molar-refractivity contribution in [2.75, 3.05) is 7.11 Å². The highest BCUT2D eigenvalue weighted by atomic mass is 35.5. The van der Waals surface area contributed by atoms with Crippen molar-refractivity contribution >= 4 is 22.4 Å². The van der Waals surface area contributed by atoms with Gasteiger partial charge in [-0.15, -0.1) is 0 Å². The van der Waals surface area contributed by atoms with Gasteiger partial charge in [-0.25, -0.2) is 0 Å². The molecule has 0 bridgehead atoms. The van der Waals surface area contributed by atoms with E-state index in [9.17, 15) is 5.11 Å². The van der Waals surface area contributed by atoms with Gasteiger partial charge in [-0.1, -0.05) is 35.9 Å². The molecule has 1 heterocycles. The summed E-state index contributed by atoms with van der Waals surface area (Å²) in [5, 5.41) is 13.2. The van der Waals surface area contributed by atoms with Crippen LogP contribution in [-0.2, 0) is 0 Å². The van der Waals surface area contributed by atoms with E-state index < -0.39 is 6.10 Å². The number of aliphatic hydroxyl groups excluding tert-OH is 1. The van der Waals surface area contributed by atoms with Crippen molar-refractivity contribution in [2.45, 2.75) is 6.10 Å². The first-order valence-corrected chi connectivity index (χ1v) is 6.93. The molecule has 21 heavy (non-hydrogen) atoms. The first-order valence-electron chi connectivity index (χ1n) is 6.55. The van der Waals surface area contributed by atoms with E-state index in [4.69, 9.17) is 16.3 Å². The molecule has 1 atom stereocenters. The van der Waals surface area contributed by atoms with Crippen LogP contribution in [0.5, 0.6) is 5.75 Å². The molecule has 1 unspecified atom stereocenters. The number of benzene rings is 2. The van der Waals surface area contributed by atoms with Crippen molar-refractivity contribution in [3.05, 3.63) is 71.0 Å². The Balaban J connectivity index is 2.20. The lowest BCUT2D eigenvalue weighted by atomic mass is 9.96. The van der Waals surface area contributed by atoms with Gasteiger partial charge in [0.05, 0.1) is 12.1 Å². The van der Waals surface area contributed by atoms with E-state index in [1.54, 1.807) is 37.7 Å². The number of ether oxygens (including phenoxy) is 1. The summed E-state index contributed by atoms with van der Waals surface area (Å²) in [5.41, 5.74) is 1.35. The van der Waals surface area contributed by atoms with Gasteiger partial charge in [-0.05, 0) is 29.1 Å². The van der Waals surface area contributed by atoms with Crippen molar-refractivity contribution in [1.29, 1.82) is 0 Å². The molecule has 0 aliphatic rings. The number of hydrogen-bond donors (Lipinski definition) is 1. The summed E-state index contributed by atoms with van der Waals surface area (Å²) in [6, 6.07) is 13.0. The number of pyridine rings is 1. The van der Waals surface area contributed by atoms with Gasteiger partial charge in [0.1, 0.15) is 11.9 Å². The lowest BCUT2D eigenvalue weighted by Crippen LogP contribution is -2.04. The molecule has 3 rings (SSSR count). The van der Waals surface area contributed by atoms with E-state index >= 15 is 0 Å². The zero-order chi connectivity index (χ0) is 14.8. The largest absolute Gasteiger partial charge is 0.496 e. The molecule has 0 aliphatic carbocycles. The van der Waals surface area contributed by atoms with Gasteiger partial charge >= 0.3 is 0 Å². The minimum absolute atomic E-state index is 0.480. The predicted octanol–water partition coefficient (Wildman–Crippen LogP) is 3.98. The third-order valence-electron chi connectivity index (χ3n) is 3.52. The fraction of sp³-hybridized carbons (Fsp3) is 0.118. The standard InChI is InChI=1S/C17H14ClNO2/c1-21-15-7-3-6-14(18)16(15)17(20)13-5-2-4-11-10-19-9-8-12(11)13/h2-10,17,20H,1H3. The Morgan fingerprint density at radius 2 is 1.95 bits per heavy atom. The van der Waals surface area contributed by atoms with Gasteiger partial charge in [0.2, 0.25) is 0 Å². The van der Waals surface area contributed by atoms with Crippen LogP contribution in [0.3, 0.4) is 0 Å². The Kier molecular flexibility index (Phi) is 3.78. The molecule has 0 spiro atoms. The van der Waals surface area contributed by atoms with Crippen molar-refractivity contribution in [1.82, 2.24) is 4.98 Å². The average Bonchev–Trinajstić information content (AvgIpc) is 2.53. The SMILES string of the molecule is COc1cccc(Cl)c1C(O)c1cccc2cnccc12. The van der Waals surface area contributed by atoms with Crippen LogP contribution >= 0.6 is 11.6 Å². The van der Waals surface area contributed by atoms with E-state index in [2.05, 4.69) is 4.98 Å². The molecule has 0 saturated carbocycles. The minimum atomic E-state index is -0.861. The van der Waals surface area contributed by atoms with Crippen LogP contribution in [0.2, 0.25) is 5.02 Å². The maximum atomic E-state index is 10.8. The Labute approximate surface area is 127 Å². The van der Waals surface area contributed by atoms with E-state index in [0.29, 0.717) is 16.3 Å². The van der Waals surface area contributed by atoms with E-state index in [1.807, 2.05) is 24.3 Å². The minimum Gasteiger partial charge on any atom is -0.496 e. The molecule has 0 fully saturated rings. The third kappa shape index (κ3) is 2.46. The number of fused-ring (bicyclic) bond motifs is 1. The molecule has 0 radical (unpaired) electrons. The van der Waals surface area contributed by atoms with Crippen LogP contribution in [0, 0.1) is 0 Å². The lowest BCUT2D eigenvalue weighted by molar-refractivity contribution is 0.216. The Morgan fingerprint density at radius 1 is 1.14 bits per heavy atom. The van der Waals surface area contributed by atoms with Crippen LogP contribution in [0.4, 0.5) is 0 Å². The summed E-state index contributed by atoms with van der Waals surface area (Å²) in [5.74, 6) is 0.570. The first-order chi connectivity index (χ1) is 10.2. The lowest BCUT2D eigenvalue weighted by Gasteiger charge is -2.18. The van der Waals surface area contributed by atoms with Gasteiger partial charge in [0, 0.05) is 23.3 Å². The van der Waals surface area contributed by atoms with Gasteiger partial charge in [-0.3, -0.25) is 4.98 Å². The van der Waals surface area contributed by atoms with Gasteiger partial charge in [-0.2, -0.15) is 0 Å². The Morgan fingerprint density at radius 3 is 2.76 bits per heavy atom. The van der Waals surface area contributed by atoms with Gasteiger partial charge in [0.15, 0.2) is 0 Å². The predicted molar refractivity (Wildman–Crippen MR) is 83.8 cm³/mol. The highest BCUT2D eigenvalue weighted by Crippen LogP contribution is 2.37. The summed E-state index contributed by atoms with van der Waals surface area (Å²) in [7, 11) is 1.56. The monoisotopic (exact) mass is 299 g/mol. The molecule has 0 aliphatic heterocycles. The maximum Gasteiger partial charge on any atom is 0.126 e. The summed E-state index contributed by atoms with van der Waals surface area (Å²) < 4.78 is 5.32. The zero-order valence-corrected chi connectivity index (χ0v) is 12.2. The number of hydrogen-bond acceptors (Lipinski definition) is 3. The highest BCUT2D eigenvalue weighted by molar-refractivity contribution is 6.31. The number of aliphatic hydroxyl groups is 1. The van der Waals surface area contributed by atoms with Crippen LogP contribution in [0.15, 0.2) is 54.9 Å². The van der Waals surface area contributed by atoms with Crippen molar-refractivity contribution < 1.29 is 9.84 Å². The van der Waals surface area contributed by atoms with Crippen LogP contribution in [-0.4, -0.2) is 17.2 Å². The second kappa shape index (κ2) is 5.72. The highest BCUT2D eigenvalue weighted by Gasteiger charge is 2.20. The van der Waals surface area contributed by atoms with Crippen LogP contribution in [0.1, 0.15) is 17.2 Å². The normalized spacial score (nSPS) is 12.3. The summed E-state index contributed by atoms with van der Waals surface area (Å²) in [6.45, 7) is 0. The molecule has 0 amide bonds. The number of nitrogens with zero attached hydrogens (tertiary/aromatic N) is 1. The Hall–Kier alpha value is -2.10. The van der Waals surface area contributed by atoms with E-state index in [-0.39, 0.29) is 0 Å². The number of methoxy groups -OCH3 is 1. The third-order valence-corrected chi connectivity index (χ3v) is 3.84. The average molecular weight is 300 g/mol. The molecular formula is C17H14ClNO2. The molecule has 0 saturated heterocycles. The molecule has 2 aromatic carbocycles. The van der Waals surface area contributed by atoms with Crippen molar-refractivity contribution in [3.8, 4) is 5.75 Å². The smallest absolute Gasteiger partial charge is 0.126 e. The van der Waals surface area contributed by atoms with E-state index in [1.165, 1.54) is 0 Å². The number of rotatable bonds is 3. The molecule has 1 aromatic heterocycles. The van der Waals surface area contributed by atoms with Crippen molar-refractivity contribution in [3.63, 3.8) is 0 Å². The molecule has 4 heteroatoms. The van der Waals surface area contributed by atoms with E-state index in [0.717, 1.165) is 16.3 Å². The maximum absolute atomic E-state index is 10.8. The first kappa shape index (κ1) is 13.9. The van der Waals surface area contributed by atoms with Crippen LogP contribution < -0.4 is 4.74 Å². The summed E-state index contributed by atoms with van der Waals surface area (Å²) >= 11 is 6.25. The molecule has 3 aromatic rings. The fourth-order valence-corrected chi connectivity index (χ4v) is 2.77. The fourth-order valence-electron chi connectivity index (χ4n) is 2.50. The van der Waals surface area contributed by atoms with Gasteiger partial charge in [0.25, 0.3) is 0 Å². The molecule has 1 N–H and O–H groups in total. The second-order valence-corrected chi connectivity index (χ2v) is 5.11. The summed E-state index contributed by atoms with van der Waals surface area (Å²) in [4.78, 5) is 4.10. The molecular weight excluding hydrogens is 286 g/mol. The van der Waals surface area contributed by atoms with Crippen LogP contribution in [0.25, 0.3) is 10.8 Å². The number of halogens is 1. The molecule has 106 valence electrons. The van der Waals surface area contributed by atoms with Crippen molar-refractivity contribution in [2.24, 2.45) is 0 Å². The summed E-state index contributed by atoms with van der Waals surface area (Å²) in [6.07, 6.45) is 2.62. The van der Waals surface area contributed by atoms with Gasteiger partial charge < -0.3 is 9.84 Å². The zero-order valence-electron chi connectivity index (χ0n) is 11.5. The topological polar surface area (TPSA) is 42.4 Å². The number of aromatic nitrogens is 1.